The molecule has 21 heavy (non-hydrogen) atoms. The van der Waals surface area contributed by atoms with Crippen LogP contribution in [0.5, 0.6) is 11.5 Å². The number of rotatable bonds is 4. The highest BCUT2D eigenvalue weighted by molar-refractivity contribution is 5.79. The quantitative estimate of drug-likeness (QED) is 0.716. The van der Waals surface area contributed by atoms with E-state index in [0.29, 0.717) is 34.3 Å². The monoisotopic (exact) mass is 285 g/mol. The second kappa shape index (κ2) is 5.24. The first-order chi connectivity index (χ1) is 10.2. The number of oxazole rings is 1. The fourth-order valence-electron chi connectivity index (χ4n) is 2.01. The summed E-state index contributed by atoms with van der Waals surface area (Å²) in [4.78, 5) is 4.34. The highest BCUT2D eigenvalue weighted by atomic mass is 16.5. The first-order valence-electron chi connectivity index (χ1n) is 6.34. The minimum absolute atomic E-state index is 0.374. The fourth-order valence-corrected chi connectivity index (χ4v) is 2.01. The number of ether oxygens (including phenoxy) is 2. The Bertz CT molecular complexity index is 783. The molecule has 6 nitrogen and oxygen atoms in total. The summed E-state index contributed by atoms with van der Waals surface area (Å²) in [5.74, 6) is 1.35. The highest BCUT2D eigenvalue weighted by Crippen LogP contribution is 2.32. The molecule has 0 spiro atoms. The SMILES string of the molecule is COc1ccc(Nc2nc3cc(N)ccc3o2)c(OC)c1. The van der Waals surface area contributed by atoms with Gasteiger partial charge in [0.05, 0.1) is 19.9 Å². The van der Waals surface area contributed by atoms with Crippen LogP contribution in [-0.2, 0) is 0 Å². The Balaban J connectivity index is 1.94. The lowest BCUT2D eigenvalue weighted by molar-refractivity contribution is 0.395. The lowest BCUT2D eigenvalue weighted by Crippen LogP contribution is -1.95. The minimum atomic E-state index is 0.374. The van der Waals surface area contributed by atoms with Crippen LogP contribution in [0.3, 0.4) is 0 Å². The average Bonchev–Trinajstić information content (AvgIpc) is 2.89. The second-order valence-electron chi connectivity index (χ2n) is 4.44. The third kappa shape index (κ3) is 2.55. The van der Waals surface area contributed by atoms with Gasteiger partial charge in [0, 0.05) is 11.8 Å². The van der Waals surface area contributed by atoms with Crippen molar-refractivity contribution in [3.8, 4) is 11.5 Å². The zero-order chi connectivity index (χ0) is 14.8. The normalized spacial score (nSPS) is 10.6. The van der Waals surface area contributed by atoms with Crippen LogP contribution in [0, 0.1) is 0 Å². The number of nitrogens with two attached hydrogens (primary N) is 1. The molecular formula is C15H15N3O3. The van der Waals surface area contributed by atoms with E-state index in [4.69, 9.17) is 19.6 Å². The standard InChI is InChI=1S/C15H15N3O3/c1-19-10-4-5-11(14(8-10)20-2)17-15-18-12-7-9(16)3-6-13(12)21-15/h3-8H,16H2,1-2H3,(H,17,18). The molecule has 0 saturated carbocycles. The van der Waals surface area contributed by atoms with E-state index in [0.717, 1.165) is 5.69 Å². The Hall–Kier alpha value is -2.89. The van der Waals surface area contributed by atoms with E-state index in [2.05, 4.69) is 10.3 Å². The van der Waals surface area contributed by atoms with E-state index in [1.165, 1.54) is 0 Å². The van der Waals surface area contributed by atoms with Crippen molar-refractivity contribution < 1.29 is 13.9 Å². The number of benzene rings is 2. The van der Waals surface area contributed by atoms with Crippen molar-refractivity contribution in [1.29, 1.82) is 0 Å². The van der Waals surface area contributed by atoms with Gasteiger partial charge in [0.25, 0.3) is 6.01 Å². The number of aromatic nitrogens is 1. The Morgan fingerprint density at radius 2 is 1.95 bits per heavy atom. The van der Waals surface area contributed by atoms with E-state index in [1.807, 2.05) is 12.1 Å². The van der Waals surface area contributed by atoms with Gasteiger partial charge >= 0.3 is 0 Å². The van der Waals surface area contributed by atoms with Crippen LogP contribution >= 0.6 is 0 Å². The summed E-state index contributed by atoms with van der Waals surface area (Å²) in [6, 6.07) is 11.1. The van der Waals surface area contributed by atoms with E-state index in [1.54, 1.807) is 38.5 Å². The zero-order valence-electron chi connectivity index (χ0n) is 11.7. The summed E-state index contributed by atoms with van der Waals surface area (Å²) in [6.07, 6.45) is 0. The van der Waals surface area contributed by atoms with Gasteiger partial charge in [0.1, 0.15) is 17.0 Å². The van der Waals surface area contributed by atoms with Gasteiger partial charge in [-0.05, 0) is 30.3 Å². The predicted octanol–water partition coefficient (Wildman–Crippen LogP) is 3.17. The maximum Gasteiger partial charge on any atom is 0.300 e. The lowest BCUT2D eigenvalue weighted by Gasteiger charge is -2.09. The Kier molecular flexibility index (Phi) is 3.27. The molecule has 0 radical (unpaired) electrons. The highest BCUT2D eigenvalue weighted by Gasteiger charge is 2.10. The van der Waals surface area contributed by atoms with Crippen molar-refractivity contribution in [2.75, 3.05) is 25.3 Å². The number of nitrogens with one attached hydrogen (secondary N) is 1. The fraction of sp³-hybridized carbons (Fsp3) is 0.133. The van der Waals surface area contributed by atoms with Crippen LogP contribution in [0.1, 0.15) is 0 Å². The molecule has 6 heteroatoms. The van der Waals surface area contributed by atoms with Crippen LogP contribution in [0.25, 0.3) is 11.1 Å². The van der Waals surface area contributed by atoms with E-state index >= 15 is 0 Å². The van der Waals surface area contributed by atoms with E-state index < -0.39 is 0 Å². The van der Waals surface area contributed by atoms with Crippen LogP contribution < -0.4 is 20.5 Å². The predicted molar refractivity (Wildman–Crippen MR) is 81.3 cm³/mol. The van der Waals surface area contributed by atoms with E-state index in [9.17, 15) is 0 Å². The van der Waals surface area contributed by atoms with Crippen LogP contribution in [-0.4, -0.2) is 19.2 Å². The molecule has 0 aliphatic rings. The summed E-state index contributed by atoms with van der Waals surface area (Å²) < 4.78 is 16.1. The molecule has 3 aromatic rings. The molecule has 0 aliphatic heterocycles. The van der Waals surface area contributed by atoms with E-state index in [-0.39, 0.29) is 0 Å². The molecule has 1 heterocycles. The third-order valence-corrected chi connectivity index (χ3v) is 3.06. The van der Waals surface area contributed by atoms with Crippen molar-refractivity contribution in [2.45, 2.75) is 0 Å². The maximum absolute atomic E-state index is 5.73. The summed E-state index contributed by atoms with van der Waals surface area (Å²) >= 11 is 0. The zero-order valence-corrected chi connectivity index (χ0v) is 11.7. The van der Waals surface area contributed by atoms with Gasteiger partial charge in [0.15, 0.2) is 5.58 Å². The molecule has 3 rings (SSSR count). The smallest absolute Gasteiger partial charge is 0.300 e. The summed E-state index contributed by atoms with van der Waals surface area (Å²) in [7, 11) is 3.19. The molecule has 1 aromatic heterocycles. The van der Waals surface area contributed by atoms with Crippen LogP contribution in [0.4, 0.5) is 17.4 Å². The number of fused-ring (bicyclic) bond motifs is 1. The first kappa shape index (κ1) is 13.1. The molecule has 108 valence electrons. The Labute approximate surface area is 121 Å². The molecule has 2 aromatic carbocycles. The van der Waals surface area contributed by atoms with Gasteiger partial charge < -0.3 is 24.9 Å². The third-order valence-electron chi connectivity index (χ3n) is 3.06. The van der Waals surface area contributed by atoms with Gasteiger partial charge in [-0.25, -0.2) is 0 Å². The molecule has 0 unspecified atom stereocenters. The number of hydrogen-bond donors (Lipinski definition) is 2. The Morgan fingerprint density at radius 3 is 2.71 bits per heavy atom. The number of nitrogens with zero attached hydrogens (tertiary/aromatic N) is 1. The first-order valence-corrected chi connectivity index (χ1v) is 6.34. The maximum atomic E-state index is 5.73. The Morgan fingerprint density at radius 1 is 1.10 bits per heavy atom. The largest absolute Gasteiger partial charge is 0.497 e. The molecule has 0 amide bonds. The van der Waals surface area contributed by atoms with Crippen molar-refractivity contribution in [1.82, 2.24) is 4.98 Å². The van der Waals surface area contributed by atoms with Crippen molar-refractivity contribution in [3.05, 3.63) is 36.4 Å². The van der Waals surface area contributed by atoms with Crippen molar-refractivity contribution >= 4 is 28.5 Å². The topological polar surface area (TPSA) is 82.5 Å². The molecule has 0 aliphatic carbocycles. The lowest BCUT2D eigenvalue weighted by atomic mass is 10.2. The summed E-state index contributed by atoms with van der Waals surface area (Å²) in [6.45, 7) is 0. The summed E-state index contributed by atoms with van der Waals surface area (Å²) in [5, 5.41) is 3.08. The van der Waals surface area contributed by atoms with Gasteiger partial charge in [-0.3, -0.25) is 0 Å². The van der Waals surface area contributed by atoms with Crippen LogP contribution in [0.2, 0.25) is 0 Å². The number of methoxy groups -OCH3 is 2. The van der Waals surface area contributed by atoms with Crippen LogP contribution in [0.15, 0.2) is 40.8 Å². The number of nitrogen functional groups attached to an aromatic ring is 1. The molecule has 3 N–H and O–H groups in total. The van der Waals surface area contributed by atoms with Crippen molar-refractivity contribution in [2.24, 2.45) is 0 Å². The minimum Gasteiger partial charge on any atom is -0.497 e. The number of anilines is 3. The van der Waals surface area contributed by atoms with Gasteiger partial charge in [-0.15, -0.1) is 0 Å². The van der Waals surface area contributed by atoms with Gasteiger partial charge in [-0.1, -0.05) is 0 Å². The molecule has 0 saturated heterocycles. The molecular weight excluding hydrogens is 270 g/mol. The summed E-state index contributed by atoms with van der Waals surface area (Å²) in [5.41, 5.74) is 8.47. The number of hydrogen-bond acceptors (Lipinski definition) is 6. The molecule has 0 fully saturated rings. The van der Waals surface area contributed by atoms with Crippen molar-refractivity contribution in [3.63, 3.8) is 0 Å². The van der Waals surface area contributed by atoms with Gasteiger partial charge in [-0.2, -0.15) is 4.98 Å². The average molecular weight is 285 g/mol. The molecule has 0 bridgehead atoms. The molecule has 0 atom stereocenters. The second-order valence-corrected chi connectivity index (χ2v) is 4.44. The van der Waals surface area contributed by atoms with Gasteiger partial charge in [0.2, 0.25) is 0 Å².